The van der Waals surface area contributed by atoms with Gasteiger partial charge in [0.1, 0.15) is 11.1 Å². The molecule has 0 saturated carbocycles. The van der Waals surface area contributed by atoms with Crippen molar-refractivity contribution in [2.75, 3.05) is 0 Å². The number of carbonyl (C=O) groups is 2. The fourth-order valence-corrected chi connectivity index (χ4v) is 3.12. The number of hydrogen-bond acceptors (Lipinski definition) is 4. The molecule has 2 rings (SSSR count). The summed E-state index contributed by atoms with van der Waals surface area (Å²) in [5.41, 5.74) is 0.135. The van der Waals surface area contributed by atoms with Crippen LogP contribution >= 0.6 is 11.3 Å². The van der Waals surface area contributed by atoms with Crippen LogP contribution in [-0.4, -0.2) is 32.8 Å². The van der Waals surface area contributed by atoms with Crippen LogP contribution in [0.1, 0.15) is 45.4 Å². The molecule has 1 aliphatic rings. The molecular weight excluding hydrogens is 274 g/mol. The van der Waals surface area contributed by atoms with Gasteiger partial charge in [-0.1, -0.05) is 13.8 Å². The van der Waals surface area contributed by atoms with Crippen molar-refractivity contribution in [3.8, 4) is 0 Å². The molecule has 1 aliphatic heterocycles. The van der Waals surface area contributed by atoms with Crippen molar-refractivity contribution in [1.82, 2.24) is 15.2 Å². The van der Waals surface area contributed by atoms with E-state index in [0.29, 0.717) is 19.4 Å². The van der Waals surface area contributed by atoms with E-state index in [4.69, 9.17) is 0 Å². The van der Waals surface area contributed by atoms with Crippen LogP contribution in [0.25, 0.3) is 0 Å². The third-order valence-electron chi connectivity index (χ3n) is 4.24. The number of amides is 2. The molecule has 1 aromatic rings. The molecular formula is C14H21N3O2S. The highest BCUT2D eigenvalue weighted by Crippen LogP contribution is 2.32. The third-order valence-corrected chi connectivity index (χ3v) is 5.01. The normalized spacial score (nSPS) is 20.9. The first-order valence-corrected chi connectivity index (χ1v) is 7.77. The van der Waals surface area contributed by atoms with Gasteiger partial charge in [0, 0.05) is 11.1 Å². The van der Waals surface area contributed by atoms with E-state index in [2.05, 4.69) is 10.3 Å². The summed E-state index contributed by atoms with van der Waals surface area (Å²) >= 11 is 1.50. The van der Waals surface area contributed by atoms with Crippen molar-refractivity contribution in [2.24, 2.45) is 0 Å². The van der Waals surface area contributed by atoms with Gasteiger partial charge in [-0.2, -0.15) is 0 Å². The molecule has 0 bridgehead atoms. The molecule has 2 heterocycles. The fourth-order valence-electron chi connectivity index (χ4n) is 2.53. The van der Waals surface area contributed by atoms with Gasteiger partial charge in [-0.25, -0.2) is 0 Å². The van der Waals surface area contributed by atoms with Gasteiger partial charge in [0.2, 0.25) is 11.8 Å². The average Bonchev–Trinajstić information content (AvgIpc) is 2.92. The molecule has 1 saturated heterocycles. The lowest BCUT2D eigenvalue weighted by Crippen LogP contribution is -2.73. The minimum atomic E-state index is -0.838. The maximum Gasteiger partial charge on any atom is 0.249 e. The monoisotopic (exact) mass is 295 g/mol. The Balaban J connectivity index is 2.38. The Morgan fingerprint density at radius 1 is 1.30 bits per heavy atom. The summed E-state index contributed by atoms with van der Waals surface area (Å²) < 4.78 is 0. The minimum absolute atomic E-state index is 0.000463. The molecule has 5 nitrogen and oxygen atoms in total. The van der Waals surface area contributed by atoms with Crippen LogP contribution in [0.15, 0.2) is 11.7 Å². The highest BCUT2D eigenvalue weighted by molar-refractivity contribution is 7.09. The van der Waals surface area contributed by atoms with Crippen LogP contribution in [-0.2, 0) is 16.1 Å². The van der Waals surface area contributed by atoms with Gasteiger partial charge in [0.05, 0.1) is 12.1 Å². The molecule has 1 N–H and O–H groups in total. The molecule has 6 heteroatoms. The number of aromatic nitrogens is 1. The van der Waals surface area contributed by atoms with Crippen molar-refractivity contribution >= 4 is 23.2 Å². The van der Waals surface area contributed by atoms with Crippen molar-refractivity contribution in [2.45, 2.75) is 58.2 Å². The summed E-state index contributed by atoms with van der Waals surface area (Å²) in [5, 5.41) is 2.94. The van der Waals surface area contributed by atoms with Crippen molar-refractivity contribution in [3.63, 3.8) is 0 Å². The molecule has 0 unspecified atom stereocenters. The number of carbonyl (C=O) groups excluding carboxylic acids is 2. The number of nitrogens with zero attached hydrogens (tertiary/aromatic N) is 2. The molecule has 20 heavy (non-hydrogen) atoms. The standard InChI is InChI=1S/C14H21N3O2S/c1-5-14(6-2)12(19)17(8-10-7-15-9-20-10)13(3,4)11(18)16-14/h7,9H,5-6,8H2,1-4H3,(H,16,18). The molecule has 0 radical (unpaired) electrons. The Bertz CT molecular complexity index is 506. The fraction of sp³-hybridized carbons (Fsp3) is 0.643. The number of thiazole rings is 1. The summed E-state index contributed by atoms with van der Waals surface area (Å²) in [6.45, 7) is 7.88. The highest BCUT2D eigenvalue weighted by Gasteiger charge is 2.52. The van der Waals surface area contributed by atoms with E-state index in [1.165, 1.54) is 11.3 Å². The van der Waals surface area contributed by atoms with E-state index in [0.717, 1.165) is 4.88 Å². The van der Waals surface area contributed by atoms with Crippen LogP contribution in [0, 0.1) is 0 Å². The Kier molecular flexibility index (Phi) is 3.86. The first-order valence-electron chi connectivity index (χ1n) is 6.89. The van der Waals surface area contributed by atoms with Gasteiger partial charge >= 0.3 is 0 Å². The van der Waals surface area contributed by atoms with E-state index < -0.39 is 11.1 Å². The van der Waals surface area contributed by atoms with E-state index in [9.17, 15) is 9.59 Å². The second kappa shape index (κ2) is 5.16. The zero-order valence-electron chi connectivity index (χ0n) is 12.4. The van der Waals surface area contributed by atoms with Crippen molar-refractivity contribution in [3.05, 3.63) is 16.6 Å². The van der Waals surface area contributed by atoms with Gasteiger partial charge in [0.15, 0.2) is 0 Å². The molecule has 2 amide bonds. The first kappa shape index (κ1) is 15.0. The largest absolute Gasteiger partial charge is 0.340 e. The van der Waals surface area contributed by atoms with Crippen molar-refractivity contribution in [1.29, 1.82) is 0 Å². The lowest BCUT2D eigenvalue weighted by molar-refractivity contribution is -0.162. The maximum atomic E-state index is 12.9. The molecule has 0 spiro atoms. The van der Waals surface area contributed by atoms with Gasteiger partial charge in [-0.05, 0) is 26.7 Å². The van der Waals surface area contributed by atoms with Crippen LogP contribution in [0.4, 0.5) is 0 Å². The topological polar surface area (TPSA) is 62.3 Å². The predicted molar refractivity (Wildman–Crippen MR) is 78.2 cm³/mol. The summed E-state index contributed by atoms with van der Waals surface area (Å²) in [7, 11) is 0. The molecule has 1 fully saturated rings. The number of rotatable bonds is 4. The minimum Gasteiger partial charge on any atom is -0.340 e. The Morgan fingerprint density at radius 3 is 2.45 bits per heavy atom. The maximum absolute atomic E-state index is 12.9. The molecule has 110 valence electrons. The van der Waals surface area contributed by atoms with Crippen LogP contribution in [0.2, 0.25) is 0 Å². The molecule has 0 aromatic carbocycles. The number of hydrogen-bond donors (Lipinski definition) is 1. The summed E-state index contributed by atoms with van der Waals surface area (Å²) in [6, 6.07) is 0. The lowest BCUT2D eigenvalue weighted by atomic mass is 9.83. The van der Waals surface area contributed by atoms with E-state index >= 15 is 0 Å². The average molecular weight is 295 g/mol. The van der Waals surface area contributed by atoms with Gasteiger partial charge in [-0.15, -0.1) is 11.3 Å². The van der Waals surface area contributed by atoms with Crippen LogP contribution < -0.4 is 5.32 Å². The Labute approximate surface area is 123 Å². The second-order valence-electron chi connectivity index (χ2n) is 5.66. The summed E-state index contributed by atoms with van der Waals surface area (Å²) in [4.78, 5) is 32.0. The van der Waals surface area contributed by atoms with E-state index in [1.54, 1.807) is 30.5 Å². The van der Waals surface area contributed by atoms with Gasteiger partial charge in [0.25, 0.3) is 0 Å². The molecule has 0 aliphatic carbocycles. The quantitative estimate of drug-likeness (QED) is 0.923. The third kappa shape index (κ3) is 2.22. The van der Waals surface area contributed by atoms with Gasteiger partial charge < -0.3 is 10.2 Å². The summed E-state index contributed by atoms with van der Waals surface area (Å²) in [5.74, 6) is -0.0918. The second-order valence-corrected chi connectivity index (χ2v) is 6.63. The smallest absolute Gasteiger partial charge is 0.249 e. The lowest BCUT2D eigenvalue weighted by Gasteiger charge is -2.49. The predicted octanol–water partition coefficient (Wildman–Crippen LogP) is 1.94. The molecule has 1 aromatic heterocycles. The molecule has 0 atom stereocenters. The summed E-state index contributed by atoms with van der Waals surface area (Å²) in [6.07, 6.45) is 2.95. The zero-order chi connectivity index (χ0) is 15.0. The number of nitrogens with one attached hydrogen (secondary N) is 1. The Hall–Kier alpha value is -1.43. The van der Waals surface area contributed by atoms with E-state index in [-0.39, 0.29) is 11.8 Å². The van der Waals surface area contributed by atoms with Crippen molar-refractivity contribution < 1.29 is 9.59 Å². The number of piperazine rings is 1. The SMILES string of the molecule is CCC1(CC)NC(=O)C(C)(C)N(Cc2cncs2)C1=O. The zero-order valence-corrected chi connectivity index (χ0v) is 13.2. The first-order chi connectivity index (χ1) is 9.37. The van der Waals surface area contributed by atoms with Crippen LogP contribution in [0.3, 0.4) is 0 Å². The van der Waals surface area contributed by atoms with E-state index in [1.807, 2.05) is 13.8 Å². The highest BCUT2D eigenvalue weighted by atomic mass is 32.1. The van der Waals surface area contributed by atoms with Crippen LogP contribution in [0.5, 0.6) is 0 Å². The van der Waals surface area contributed by atoms with Gasteiger partial charge in [-0.3, -0.25) is 14.6 Å². The Morgan fingerprint density at radius 2 is 1.95 bits per heavy atom.